The van der Waals surface area contributed by atoms with E-state index in [1.165, 1.54) is 0 Å². The van der Waals surface area contributed by atoms with Crippen LogP contribution in [-0.4, -0.2) is 35.9 Å². The molecule has 20 heavy (non-hydrogen) atoms. The number of epoxide rings is 1. The summed E-state index contributed by atoms with van der Waals surface area (Å²) in [5.41, 5.74) is -0.301. The fraction of sp³-hybridized carbons (Fsp3) is 0.867. The number of rotatable bonds is 0. The Morgan fingerprint density at radius 2 is 1.85 bits per heavy atom. The predicted molar refractivity (Wildman–Crippen MR) is 67.7 cm³/mol. The molecule has 0 aromatic heterocycles. The van der Waals surface area contributed by atoms with Crippen molar-refractivity contribution in [3.8, 4) is 0 Å². The molecule has 2 bridgehead atoms. The van der Waals surface area contributed by atoms with Gasteiger partial charge in [-0.1, -0.05) is 6.92 Å². The standard InChI is InChI=1S/C15H20O5/c1-7-9-4-3-8-5-10(18-14(8)17)12-15(2,20-12)6-11(9)19-13(7)16/h7-12H,3-6H2,1-2H3/t7-,8-,9-,10-,11-,12+,15-/m0/s1. The number of carbonyl (C=O) groups is 2. The van der Waals surface area contributed by atoms with Crippen LogP contribution < -0.4 is 0 Å². The summed E-state index contributed by atoms with van der Waals surface area (Å²) in [6.07, 6.45) is 2.93. The summed E-state index contributed by atoms with van der Waals surface area (Å²) in [5, 5.41) is 0. The first-order valence-electron chi connectivity index (χ1n) is 7.57. The molecule has 0 spiro atoms. The van der Waals surface area contributed by atoms with Gasteiger partial charge >= 0.3 is 11.9 Å². The number of esters is 2. The molecule has 0 aromatic rings. The van der Waals surface area contributed by atoms with Crippen molar-refractivity contribution in [2.75, 3.05) is 0 Å². The zero-order valence-electron chi connectivity index (χ0n) is 11.8. The van der Waals surface area contributed by atoms with E-state index in [1.807, 2.05) is 13.8 Å². The highest BCUT2D eigenvalue weighted by molar-refractivity contribution is 5.76. The molecule has 1 aliphatic carbocycles. The van der Waals surface area contributed by atoms with Crippen LogP contribution in [0.4, 0.5) is 0 Å². The number of carbonyl (C=O) groups excluding carboxylic acids is 2. The smallest absolute Gasteiger partial charge is 0.309 e. The topological polar surface area (TPSA) is 65.1 Å². The molecule has 1 saturated carbocycles. The molecule has 4 fully saturated rings. The van der Waals surface area contributed by atoms with Crippen LogP contribution in [0, 0.1) is 17.8 Å². The highest BCUT2D eigenvalue weighted by Crippen LogP contribution is 2.51. The van der Waals surface area contributed by atoms with Gasteiger partial charge in [0.2, 0.25) is 0 Å². The molecule has 0 unspecified atom stereocenters. The summed E-state index contributed by atoms with van der Waals surface area (Å²) >= 11 is 0. The molecular weight excluding hydrogens is 260 g/mol. The first-order valence-corrected chi connectivity index (χ1v) is 7.57. The highest BCUT2D eigenvalue weighted by atomic mass is 16.6. The van der Waals surface area contributed by atoms with Gasteiger partial charge in [-0.15, -0.1) is 0 Å². The minimum Gasteiger partial charge on any atom is -0.462 e. The van der Waals surface area contributed by atoms with Gasteiger partial charge in [0.25, 0.3) is 0 Å². The van der Waals surface area contributed by atoms with Crippen LogP contribution in [0.5, 0.6) is 0 Å². The van der Waals surface area contributed by atoms with Crippen molar-refractivity contribution in [3.05, 3.63) is 0 Å². The van der Waals surface area contributed by atoms with Crippen molar-refractivity contribution < 1.29 is 23.8 Å². The number of ether oxygens (including phenoxy) is 3. The first kappa shape index (κ1) is 12.6. The maximum absolute atomic E-state index is 11.9. The van der Waals surface area contributed by atoms with E-state index in [4.69, 9.17) is 14.2 Å². The Balaban J connectivity index is 1.62. The van der Waals surface area contributed by atoms with Gasteiger partial charge in [-0.05, 0) is 19.8 Å². The number of hydrogen-bond acceptors (Lipinski definition) is 5. The van der Waals surface area contributed by atoms with E-state index in [0.29, 0.717) is 0 Å². The highest BCUT2D eigenvalue weighted by Gasteiger charge is 2.63. The van der Waals surface area contributed by atoms with Gasteiger partial charge in [0.1, 0.15) is 18.3 Å². The summed E-state index contributed by atoms with van der Waals surface area (Å²) < 4.78 is 16.8. The summed E-state index contributed by atoms with van der Waals surface area (Å²) in [4.78, 5) is 23.7. The molecule has 0 amide bonds. The molecule has 3 heterocycles. The van der Waals surface area contributed by atoms with E-state index < -0.39 is 0 Å². The molecule has 5 heteroatoms. The second kappa shape index (κ2) is 3.97. The third-order valence-corrected chi connectivity index (χ3v) is 5.61. The summed E-state index contributed by atoms with van der Waals surface area (Å²) in [5.74, 6) is -0.102. The van der Waals surface area contributed by atoms with Crippen molar-refractivity contribution in [3.63, 3.8) is 0 Å². The molecule has 3 aliphatic heterocycles. The fourth-order valence-electron chi connectivity index (χ4n) is 4.24. The average Bonchev–Trinajstić information content (AvgIpc) is 2.80. The van der Waals surface area contributed by atoms with E-state index in [-0.39, 0.29) is 53.6 Å². The zero-order valence-corrected chi connectivity index (χ0v) is 11.8. The van der Waals surface area contributed by atoms with Crippen molar-refractivity contribution >= 4 is 11.9 Å². The molecule has 4 rings (SSSR count). The van der Waals surface area contributed by atoms with Crippen LogP contribution in [0.25, 0.3) is 0 Å². The predicted octanol–water partition coefficient (Wildman–Crippen LogP) is 1.44. The first-order chi connectivity index (χ1) is 9.48. The largest absolute Gasteiger partial charge is 0.462 e. The van der Waals surface area contributed by atoms with E-state index >= 15 is 0 Å². The molecule has 3 saturated heterocycles. The maximum Gasteiger partial charge on any atom is 0.309 e. The van der Waals surface area contributed by atoms with Crippen LogP contribution in [0.1, 0.15) is 39.5 Å². The van der Waals surface area contributed by atoms with Gasteiger partial charge in [0.15, 0.2) is 0 Å². The Morgan fingerprint density at radius 3 is 2.65 bits per heavy atom. The van der Waals surface area contributed by atoms with E-state index in [2.05, 4.69) is 0 Å². The van der Waals surface area contributed by atoms with Gasteiger partial charge in [0.05, 0.1) is 17.4 Å². The maximum atomic E-state index is 11.9. The van der Waals surface area contributed by atoms with E-state index in [1.54, 1.807) is 0 Å². The SMILES string of the molecule is C[C@@H]1C(=O)O[C@H]2C[C@]3(C)O[C@@H]3[C@@H]3C[C@H](CC[C@H]21)C(=O)O3. The lowest BCUT2D eigenvalue weighted by molar-refractivity contribution is -0.145. The van der Waals surface area contributed by atoms with Gasteiger partial charge in [-0.3, -0.25) is 9.59 Å². The van der Waals surface area contributed by atoms with Crippen LogP contribution in [0.2, 0.25) is 0 Å². The lowest BCUT2D eigenvalue weighted by atomic mass is 9.79. The minimum absolute atomic E-state index is 0.0233. The van der Waals surface area contributed by atoms with Crippen molar-refractivity contribution in [2.24, 2.45) is 17.8 Å². The van der Waals surface area contributed by atoms with Crippen LogP contribution in [0.3, 0.4) is 0 Å². The molecule has 7 atom stereocenters. The Morgan fingerprint density at radius 1 is 1.10 bits per heavy atom. The van der Waals surface area contributed by atoms with Crippen molar-refractivity contribution in [1.29, 1.82) is 0 Å². The minimum atomic E-state index is -0.301. The molecule has 110 valence electrons. The zero-order chi connectivity index (χ0) is 14.1. The summed E-state index contributed by atoms with van der Waals surface area (Å²) in [7, 11) is 0. The fourth-order valence-corrected chi connectivity index (χ4v) is 4.24. The quantitative estimate of drug-likeness (QED) is 0.496. The lowest BCUT2D eigenvalue weighted by Crippen LogP contribution is -2.30. The Hall–Kier alpha value is -1.10. The second-order valence-electron chi connectivity index (χ2n) is 6.97. The lowest BCUT2D eigenvalue weighted by Gasteiger charge is -2.23. The molecule has 0 radical (unpaired) electrons. The Labute approximate surface area is 117 Å². The molecule has 4 aliphatic rings. The second-order valence-corrected chi connectivity index (χ2v) is 6.97. The third kappa shape index (κ3) is 1.72. The summed E-state index contributed by atoms with van der Waals surface area (Å²) in [6, 6.07) is 0. The Kier molecular flexibility index (Phi) is 2.50. The Bertz CT molecular complexity index is 475. The third-order valence-electron chi connectivity index (χ3n) is 5.61. The molecule has 0 aromatic carbocycles. The van der Waals surface area contributed by atoms with Gasteiger partial charge in [-0.2, -0.15) is 0 Å². The van der Waals surface area contributed by atoms with Gasteiger partial charge < -0.3 is 14.2 Å². The van der Waals surface area contributed by atoms with Crippen LogP contribution in [0.15, 0.2) is 0 Å². The molecule has 5 nitrogen and oxygen atoms in total. The number of hydrogen-bond donors (Lipinski definition) is 0. The average molecular weight is 280 g/mol. The van der Waals surface area contributed by atoms with Crippen LogP contribution in [-0.2, 0) is 23.8 Å². The van der Waals surface area contributed by atoms with Crippen LogP contribution >= 0.6 is 0 Å². The summed E-state index contributed by atoms with van der Waals surface area (Å²) in [6.45, 7) is 3.97. The van der Waals surface area contributed by atoms with Gasteiger partial charge in [-0.25, -0.2) is 0 Å². The molecule has 0 N–H and O–H groups in total. The normalized spacial score (nSPS) is 53.7. The van der Waals surface area contributed by atoms with E-state index in [0.717, 1.165) is 25.7 Å². The van der Waals surface area contributed by atoms with Gasteiger partial charge in [0, 0.05) is 18.8 Å². The van der Waals surface area contributed by atoms with E-state index in [9.17, 15) is 9.59 Å². The number of fused-ring (bicyclic) bond motifs is 5. The van der Waals surface area contributed by atoms with Crippen molar-refractivity contribution in [1.82, 2.24) is 0 Å². The molecular formula is C15H20O5. The van der Waals surface area contributed by atoms with Crippen molar-refractivity contribution in [2.45, 2.75) is 63.4 Å². The monoisotopic (exact) mass is 280 g/mol.